The Morgan fingerprint density at radius 3 is 2.19 bits per heavy atom. The zero-order valence-electron chi connectivity index (χ0n) is 12.8. The first-order valence-corrected chi connectivity index (χ1v) is 9.07. The standard InChI is InChI=1S/C9H9ClN4.C6H3BrClN3.CH4/c10-8-5-7(12-6-1-2-6)9-11-3-4-14(9)13-8;7-4-3-5(8)10-11-2-1-9-6(4)11;/h3-6,12H,1-2H2;1-3H;1H4. The van der Waals surface area contributed by atoms with Crippen LogP contribution < -0.4 is 5.32 Å². The van der Waals surface area contributed by atoms with Gasteiger partial charge in [0.1, 0.15) is 0 Å². The lowest BCUT2D eigenvalue weighted by molar-refractivity contribution is 0.932. The first kappa shape index (κ1) is 18.9. The molecule has 136 valence electrons. The van der Waals surface area contributed by atoms with Gasteiger partial charge in [-0.05, 0) is 34.8 Å². The van der Waals surface area contributed by atoms with E-state index in [0.717, 1.165) is 21.5 Å². The van der Waals surface area contributed by atoms with E-state index in [9.17, 15) is 0 Å². The van der Waals surface area contributed by atoms with Crippen LogP contribution in [0, 0.1) is 0 Å². The minimum Gasteiger partial charge on any atom is -0.379 e. The molecule has 0 radical (unpaired) electrons. The number of imidazole rings is 2. The Morgan fingerprint density at radius 2 is 1.54 bits per heavy atom. The molecule has 0 aromatic carbocycles. The van der Waals surface area contributed by atoms with Crippen LogP contribution in [0.2, 0.25) is 10.3 Å². The molecule has 0 bridgehead atoms. The molecular formula is C16H16BrCl2N7. The highest BCUT2D eigenvalue weighted by Crippen LogP contribution is 2.27. The largest absolute Gasteiger partial charge is 0.379 e. The van der Waals surface area contributed by atoms with E-state index < -0.39 is 0 Å². The van der Waals surface area contributed by atoms with Gasteiger partial charge in [0, 0.05) is 36.9 Å². The molecule has 4 aromatic heterocycles. The summed E-state index contributed by atoms with van der Waals surface area (Å²) in [4.78, 5) is 8.27. The second-order valence-corrected chi connectivity index (χ2v) is 7.13. The normalized spacial score (nSPS) is 13.2. The number of nitrogens with one attached hydrogen (secondary N) is 1. The molecule has 1 aliphatic rings. The third-order valence-electron chi connectivity index (χ3n) is 3.55. The van der Waals surface area contributed by atoms with Gasteiger partial charge < -0.3 is 5.32 Å². The quantitative estimate of drug-likeness (QED) is 0.471. The molecule has 0 saturated heterocycles. The Hall–Kier alpha value is -1.90. The number of fused-ring (bicyclic) bond motifs is 2. The molecule has 0 atom stereocenters. The Labute approximate surface area is 168 Å². The van der Waals surface area contributed by atoms with Gasteiger partial charge in [-0.2, -0.15) is 10.2 Å². The summed E-state index contributed by atoms with van der Waals surface area (Å²) in [7, 11) is 0. The summed E-state index contributed by atoms with van der Waals surface area (Å²) in [5, 5.41) is 12.4. The van der Waals surface area contributed by atoms with E-state index in [1.54, 1.807) is 39.9 Å². The lowest BCUT2D eigenvalue weighted by Gasteiger charge is -2.05. The Balaban J connectivity index is 0.000000149. The fraction of sp³-hybridized carbons (Fsp3) is 0.250. The Kier molecular flexibility index (Phi) is 5.64. The SMILES string of the molecule is C.Clc1cc(Br)c2nccn2n1.Clc1cc(NC2CC2)c2nccn2n1. The second kappa shape index (κ2) is 7.77. The summed E-state index contributed by atoms with van der Waals surface area (Å²) in [6, 6.07) is 4.13. The third-order valence-corrected chi connectivity index (χ3v) is 4.50. The van der Waals surface area contributed by atoms with Gasteiger partial charge in [0.15, 0.2) is 21.6 Å². The van der Waals surface area contributed by atoms with Crippen molar-refractivity contribution < 1.29 is 0 Å². The molecule has 0 spiro atoms. The molecule has 4 heterocycles. The summed E-state index contributed by atoms with van der Waals surface area (Å²) in [5.41, 5.74) is 2.58. The maximum absolute atomic E-state index is 5.88. The van der Waals surface area contributed by atoms with Gasteiger partial charge in [-0.1, -0.05) is 30.6 Å². The van der Waals surface area contributed by atoms with Crippen LogP contribution in [0.1, 0.15) is 20.3 Å². The van der Waals surface area contributed by atoms with Gasteiger partial charge in [0.2, 0.25) is 0 Å². The van der Waals surface area contributed by atoms with Crippen LogP contribution in [0.3, 0.4) is 0 Å². The molecular weight excluding hydrogens is 441 g/mol. The summed E-state index contributed by atoms with van der Waals surface area (Å²) < 4.78 is 4.15. The van der Waals surface area contributed by atoms with Crippen molar-refractivity contribution in [2.75, 3.05) is 5.32 Å². The van der Waals surface area contributed by atoms with Gasteiger partial charge in [-0.15, -0.1) is 0 Å². The van der Waals surface area contributed by atoms with Crippen molar-refractivity contribution in [3.05, 3.63) is 51.7 Å². The summed E-state index contributed by atoms with van der Waals surface area (Å²) in [6.07, 6.45) is 9.38. The molecule has 7 nitrogen and oxygen atoms in total. The summed E-state index contributed by atoms with van der Waals surface area (Å²) in [6.45, 7) is 0. The first-order chi connectivity index (χ1) is 12.1. The number of rotatable bonds is 2. The van der Waals surface area contributed by atoms with Crippen LogP contribution in [0.5, 0.6) is 0 Å². The average molecular weight is 457 g/mol. The molecule has 1 N–H and O–H groups in total. The van der Waals surface area contributed by atoms with Gasteiger partial charge >= 0.3 is 0 Å². The van der Waals surface area contributed by atoms with E-state index >= 15 is 0 Å². The zero-order valence-corrected chi connectivity index (χ0v) is 15.9. The molecule has 10 heteroatoms. The average Bonchev–Trinajstić information content (AvgIpc) is 3.06. The van der Waals surface area contributed by atoms with Crippen molar-refractivity contribution in [1.29, 1.82) is 0 Å². The van der Waals surface area contributed by atoms with Crippen molar-refractivity contribution in [1.82, 2.24) is 29.2 Å². The van der Waals surface area contributed by atoms with E-state index in [0.29, 0.717) is 16.3 Å². The molecule has 1 fully saturated rings. The number of nitrogens with zero attached hydrogens (tertiary/aromatic N) is 6. The highest BCUT2D eigenvalue weighted by atomic mass is 79.9. The zero-order chi connectivity index (χ0) is 17.4. The fourth-order valence-corrected chi connectivity index (χ4v) is 3.30. The van der Waals surface area contributed by atoms with E-state index in [4.69, 9.17) is 23.2 Å². The minimum absolute atomic E-state index is 0. The number of halogens is 3. The molecule has 5 rings (SSSR count). The van der Waals surface area contributed by atoms with Crippen molar-refractivity contribution in [3.63, 3.8) is 0 Å². The van der Waals surface area contributed by atoms with Crippen LogP contribution >= 0.6 is 39.1 Å². The van der Waals surface area contributed by atoms with Gasteiger partial charge in [-0.3, -0.25) is 0 Å². The Morgan fingerprint density at radius 1 is 0.962 bits per heavy atom. The van der Waals surface area contributed by atoms with E-state index in [1.807, 2.05) is 6.07 Å². The van der Waals surface area contributed by atoms with E-state index in [-0.39, 0.29) is 7.43 Å². The fourth-order valence-electron chi connectivity index (χ4n) is 2.29. The highest BCUT2D eigenvalue weighted by molar-refractivity contribution is 9.10. The van der Waals surface area contributed by atoms with E-state index in [1.165, 1.54) is 12.8 Å². The lowest BCUT2D eigenvalue weighted by Crippen LogP contribution is -2.04. The first-order valence-electron chi connectivity index (χ1n) is 7.52. The maximum atomic E-state index is 5.88. The predicted molar refractivity (Wildman–Crippen MR) is 107 cm³/mol. The van der Waals surface area contributed by atoms with Crippen LogP contribution in [0.15, 0.2) is 41.4 Å². The number of anilines is 1. The van der Waals surface area contributed by atoms with Crippen molar-refractivity contribution in [2.24, 2.45) is 0 Å². The molecule has 4 aromatic rings. The molecule has 26 heavy (non-hydrogen) atoms. The topological polar surface area (TPSA) is 72.4 Å². The molecule has 1 aliphatic carbocycles. The van der Waals surface area contributed by atoms with Gasteiger partial charge in [-0.25, -0.2) is 19.0 Å². The molecule has 0 amide bonds. The monoisotopic (exact) mass is 455 g/mol. The van der Waals surface area contributed by atoms with E-state index in [2.05, 4.69) is 41.4 Å². The number of aromatic nitrogens is 6. The summed E-state index contributed by atoms with van der Waals surface area (Å²) in [5.74, 6) is 0. The van der Waals surface area contributed by atoms with Gasteiger partial charge in [0.05, 0.1) is 10.2 Å². The predicted octanol–water partition coefficient (Wildman–Crippen LogP) is 4.74. The maximum Gasteiger partial charge on any atom is 0.177 e. The second-order valence-electron chi connectivity index (χ2n) is 5.51. The van der Waals surface area contributed by atoms with Crippen LogP contribution in [-0.4, -0.2) is 35.2 Å². The molecule has 0 unspecified atom stereocenters. The van der Waals surface area contributed by atoms with Crippen LogP contribution in [-0.2, 0) is 0 Å². The van der Waals surface area contributed by atoms with Crippen molar-refractivity contribution in [3.8, 4) is 0 Å². The van der Waals surface area contributed by atoms with Crippen molar-refractivity contribution >= 4 is 56.1 Å². The minimum atomic E-state index is 0. The Bertz CT molecular complexity index is 1040. The summed E-state index contributed by atoms with van der Waals surface area (Å²) >= 11 is 14.9. The molecule has 0 aliphatic heterocycles. The number of hydrogen-bond acceptors (Lipinski definition) is 5. The molecule has 1 saturated carbocycles. The number of hydrogen-bond donors (Lipinski definition) is 1. The van der Waals surface area contributed by atoms with Crippen LogP contribution in [0.4, 0.5) is 5.69 Å². The smallest absolute Gasteiger partial charge is 0.177 e. The lowest BCUT2D eigenvalue weighted by atomic mass is 10.4. The third kappa shape index (κ3) is 4.08. The van der Waals surface area contributed by atoms with Crippen LogP contribution in [0.25, 0.3) is 11.3 Å². The van der Waals surface area contributed by atoms with Gasteiger partial charge in [0.25, 0.3) is 0 Å². The highest BCUT2D eigenvalue weighted by Gasteiger charge is 2.22. The van der Waals surface area contributed by atoms with Crippen molar-refractivity contribution in [2.45, 2.75) is 26.3 Å².